The Hall–Kier alpha value is -2.99. The monoisotopic (exact) mass is 386 g/mol. The van der Waals surface area contributed by atoms with Crippen molar-refractivity contribution in [2.24, 2.45) is 0 Å². The number of nitrogens with zero attached hydrogens (tertiary/aromatic N) is 1. The highest BCUT2D eigenvalue weighted by atomic mass is 35.5. The van der Waals surface area contributed by atoms with Gasteiger partial charge in [-0.25, -0.2) is 4.39 Å². The van der Waals surface area contributed by atoms with Crippen LogP contribution in [0.2, 0.25) is 5.02 Å². The Morgan fingerprint density at radius 1 is 1.22 bits per heavy atom. The molecule has 0 bridgehead atoms. The molecule has 0 fully saturated rings. The normalized spacial score (nSPS) is 10.6. The summed E-state index contributed by atoms with van der Waals surface area (Å²) in [5.41, 5.74) is 0.404. The van der Waals surface area contributed by atoms with Gasteiger partial charge in [-0.05, 0) is 30.5 Å². The first kappa shape index (κ1) is 18.8. The molecule has 2 aromatic carbocycles. The van der Waals surface area contributed by atoms with Crippen molar-refractivity contribution in [3.63, 3.8) is 0 Å². The van der Waals surface area contributed by atoms with E-state index < -0.39 is 17.7 Å². The van der Waals surface area contributed by atoms with Gasteiger partial charge in [-0.1, -0.05) is 35.9 Å². The number of ether oxygens (including phenoxy) is 1. The maximum Gasteiger partial charge on any atom is 0.310 e. The largest absolute Gasteiger partial charge is 0.466 e. The van der Waals surface area contributed by atoms with Gasteiger partial charge in [-0.3, -0.25) is 14.6 Å². The highest BCUT2D eigenvalue weighted by Crippen LogP contribution is 2.27. The van der Waals surface area contributed by atoms with Gasteiger partial charge < -0.3 is 10.1 Å². The van der Waals surface area contributed by atoms with E-state index in [1.807, 2.05) is 12.1 Å². The number of hydrogen-bond donors (Lipinski definition) is 1. The minimum atomic E-state index is -0.659. The zero-order valence-electron chi connectivity index (χ0n) is 14.5. The number of carbonyl (C=O) groups is 2. The van der Waals surface area contributed by atoms with Crippen LogP contribution in [0.1, 0.15) is 23.0 Å². The molecule has 0 aliphatic carbocycles. The van der Waals surface area contributed by atoms with E-state index in [1.54, 1.807) is 25.1 Å². The van der Waals surface area contributed by atoms with Crippen LogP contribution in [-0.4, -0.2) is 23.5 Å². The fourth-order valence-electron chi connectivity index (χ4n) is 2.67. The van der Waals surface area contributed by atoms with Crippen molar-refractivity contribution in [1.29, 1.82) is 0 Å². The van der Waals surface area contributed by atoms with Gasteiger partial charge in [0.15, 0.2) is 0 Å². The summed E-state index contributed by atoms with van der Waals surface area (Å²) in [6.45, 7) is 1.88. The van der Waals surface area contributed by atoms with Crippen LogP contribution in [0.5, 0.6) is 0 Å². The van der Waals surface area contributed by atoms with Crippen molar-refractivity contribution in [1.82, 2.24) is 4.98 Å². The number of amides is 1. The molecular formula is C20H16ClFN2O3. The standard InChI is InChI=1S/C20H16ClFN2O3/c1-2-27-18(25)10-13-9-15(21)17(11-16(13)22)24-20(26)19-14-6-4-3-5-12(14)7-8-23-19/h3-9,11H,2,10H2,1H3,(H,24,26). The number of nitrogens with one attached hydrogen (secondary N) is 1. The molecule has 0 radical (unpaired) electrons. The molecule has 27 heavy (non-hydrogen) atoms. The fourth-order valence-corrected chi connectivity index (χ4v) is 2.90. The lowest BCUT2D eigenvalue weighted by molar-refractivity contribution is -0.142. The summed E-state index contributed by atoms with van der Waals surface area (Å²) in [7, 11) is 0. The summed E-state index contributed by atoms with van der Waals surface area (Å²) in [5.74, 6) is -1.72. The van der Waals surface area contributed by atoms with Gasteiger partial charge in [0.1, 0.15) is 11.5 Å². The predicted molar refractivity (Wildman–Crippen MR) is 101 cm³/mol. The average Bonchev–Trinajstić information content (AvgIpc) is 2.65. The second-order valence-corrected chi connectivity index (χ2v) is 6.15. The number of esters is 1. The SMILES string of the molecule is CCOC(=O)Cc1cc(Cl)c(NC(=O)c2nccc3ccccc23)cc1F. The fraction of sp³-hybridized carbons (Fsp3) is 0.150. The van der Waals surface area contributed by atoms with Gasteiger partial charge >= 0.3 is 5.97 Å². The van der Waals surface area contributed by atoms with Gasteiger partial charge in [0.2, 0.25) is 0 Å². The quantitative estimate of drug-likeness (QED) is 0.660. The van der Waals surface area contributed by atoms with Gasteiger partial charge in [0.25, 0.3) is 5.91 Å². The van der Waals surface area contributed by atoms with E-state index in [0.29, 0.717) is 5.39 Å². The molecule has 0 aliphatic rings. The minimum Gasteiger partial charge on any atom is -0.466 e. The van der Waals surface area contributed by atoms with Crippen LogP contribution in [0.25, 0.3) is 10.8 Å². The Balaban J connectivity index is 1.86. The second kappa shape index (κ2) is 8.14. The summed E-state index contributed by atoms with van der Waals surface area (Å²) in [6.07, 6.45) is 1.29. The number of halogens is 2. The van der Waals surface area contributed by atoms with Crippen molar-refractivity contribution in [2.75, 3.05) is 11.9 Å². The molecule has 1 heterocycles. The van der Waals surface area contributed by atoms with Crippen molar-refractivity contribution in [3.8, 4) is 0 Å². The Morgan fingerprint density at radius 3 is 2.78 bits per heavy atom. The van der Waals surface area contributed by atoms with Crippen molar-refractivity contribution >= 4 is 39.9 Å². The summed E-state index contributed by atoms with van der Waals surface area (Å²) < 4.78 is 19.1. The van der Waals surface area contributed by atoms with Gasteiger partial charge in [0.05, 0.1) is 23.7 Å². The van der Waals surface area contributed by atoms with E-state index in [4.69, 9.17) is 16.3 Å². The third kappa shape index (κ3) is 4.23. The van der Waals surface area contributed by atoms with Gasteiger partial charge in [-0.15, -0.1) is 0 Å². The number of rotatable bonds is 5. The van der Waals surface area contributed by atoms with Crippen LogP contribution in [-0.2, 0) is 16.0 Å². The molecular weight excluding hydrogens is 371 g/mol. The lowest BCUT2D eigenvalue weighted by Gasteiger charge is -2.11. The van der Waals surface area contributed by atoms with Crippen LogP contribution in [0.3, 0.4) is 0 Å². The molecule has 7 heteroatoms. The molecule has 3 aromatic rings. The third-order valence-electron chi connectivity index (χ3n) is 3.91. The smallest absolute Gasteiger partial charge is 0.310 e. The second-order valence-electron chi connectivity index (χ2n) is 5.74. The van der Waals surface area contributed by atoms with Gasteiger partial charge in [-0.2, -0.15) is 0 Å². The number of pyridine rings is 1. The van der Waals surface area contributed by atoms with E-state index >= 15 is 0 Å². The van der Waals surface area contributed by atoms with Crippen LogP contribution >= 0.6 is 11.6 Å². The van der Waals surface area contributed by atoms with E-state index in [0.717, 1.165) is 11.5 Å². The Labute approximate surface area is 160 Å². The first-order chi connectivity index (χ1) is 13.0. The molecule has 1 amide bonds. The Bertz CT molecular complexity index is 1020. The first-order valence-electron chi connectivity index (χ1n) is 8.28. The number of carbonyl (C=O) groups excluding carboxylic acids is 2. The molecule has 138 valence electrons. The highest BCUT2D eigenvalue weighted by Gasteiger charge is 2.17. The highest BCUT2D eigenvalue weighted by molar-refractivity contribution is 6.34. The number of fused-ring (bicyclic) bond motifs is 1. The summed E-state index contributed by atoms with van der Waals surface area (Å²) >= 11 is 6.16. The topological polar surface area (TPSA) is 68.3 Å². The summed E-state index contributed by atoms with van der Waals surface area (Å²) in [6, 6.07) is 11.5. The molecule has 0 aliphatic heterocycles. The zero-order chi connectivity index (χ0) is 19.4. The Kier molecular flexibility index (Phi) is 5.66. The molecule has 0 unspecified atom stereocenters. The van der Waals surface area contributed by atoms with Crippen LogP contribution in [0.15, 0.2) is 48.7 Å². The molecule has 5 nitrogen and oxygen atoms in total. The van der Waals surface area contributed by atoms with E-state index in [9.17, 15) is 14.0 Å². The first-order valence-corrected chi connectivity index (χ1v) is 8.66. The molecule has 1 N–H and O–H groups in total. The molecule has 3 rings (SSSR count). The van der Waals surface area contributed by atoms with Crippen LogP contribution in [0, 0.1) is 5.82 Å². The van der Waals surface area contributed by atoms with Crippen LogP contribution < -0.4 is 5.32 Å². The molecule has 0 saturated carbocycles. The number of aromatic nitrogens is 1. The van der Waals surface area contributed by atoms with Crippen LogP contribution in [0.4, 0.5) is 10.1 Å². The summed E-state index contributed by atoms with van der Waals surface area (Å²) in [4.78, 5) is 28.3. The molecule has 1 aromatic heterocycles. The lowest BCUT2D eigenvalue weighted by atomic mass is 10.1. The summed E-state index contributed by atoms with van der Waals surface area (Å²) in [5, 5.41) is 4.23. The minimum absolute atomic E-state index is 0.0970. The predicted octanol–water partition coefficient (Wildman–Crippen LogP) is 4.39. The molecule has 0 saturated heterocycles. The lowest BCUT2D eigenvalue weighted by Crippen LogP contribution is -2.15. The average molecular weight is 387 g/mol. The molecule has 0 atom stereocenters. The maximum absolute atomic E-state index is 14.3. The zero-order valence-corrected chi connectivity index (χ0v) is 15.2. The number of anilines is 1. The number of hydrogen-bond acceptors (Lipinski definition) is 4. The van der Waals surface area contributed by atoms with Gasteiger partial charge in [0, 0.05) is 17.1 Å². The van der Waals surface area contributed by atoms with E-state index in [1.165, 1.54) is 12.3 Å². The van der Waals surface area contributed by atoms with Crippen molar-refractivity contribution < 1.29 is 18.7 Å². The van der Waals surface area contributed by atoms with E-state index in [-0.39, 0.29) is 35.0 Å². The Morgan fingerprint density at radius 2 is 2.00 bits per heavy atom. The van der Waals surface area contributed by atoms with E-state index in [2.05, 4.69) is 10.3 Å². The number of benzene rings is 2. The van der Waals surface area contributed by atoms with Crippen molar-refractivity contribution in [3.05, 3.63) is 70.8 Å². The third-order valence-corrected chi connectivity index (χ3v) is 4.23. The molecule has 0 spiro atoms. The van der Waals surface area contributed by atoms with Crippen molar-refractivity contribution in [2.45, 2.75) is 13.3 Å². The maximum atomic E-state index is 14.3.